The number of H-pyrrole nitrogens is 1. The van der Waals surface area contributed by atoms with Gasteiger partial charge in [-0.15, -0.1) is 0 Å². The Bertz CT molecular complexity index is 1490. The number of nitrogens with one attached hydrogen (secondary N) is 3. The van der Waals surface area contributed by atoms with Crippen LogP contribution >= 0.6 is 0 Å². The molecule has 40 heavy (non-hydrogen) atoms. The summed E-state index contributed by atoms with van der Waals surface area (Å²) in [5.74, 6) is -2.82. The Balaban J connectivity index is 1.79. The third-order valence-corrected chi connectivity index (χ3v) is 7.06. The number of anilines is 2. The molecule has 2 amide bonds. The average molecular weight is 562 g/mol. The van der Waals surface area contributed by atoms with Crippen LogP contribution in [0.15, 0.2) is 53.5 Å². The Hall–Kier alpha value is -4.23. The number of hydrogen-bond acceptors (Lipinski definition) is 6. The van der Waals surface area contributed by atoms with Crippen molar-refractivity contribution in [2.45, 2.75) is 32.1 Å². The zero-order valence-corrected chi connectivity index (χ0v) is 21.8. The van der Waals surface area contributed by atoms with Crippen LogP contribution in [0.4, 0.5) is 28.9 Å². The number of carbonyl (C=O) groups excluding carboxylic acids is 2. The number of likely N-dealkylation sites (N-methyl/N-ethyl adjacent to an activating group) is 1. The molecule has 0 radical (unpaired) electrons. The van der Waals surface area contributed by atoms with Gasteiger partial charge in [-0.1, -0.05) is 12.1 Å². The number of aromatic nitrogens is 1. The van der Waals surface area contributed by atoms with Crippen LogP contribution in [-0.2, 0) is 6.18 Å². The molecular formula is C27H27F4N5O4. The first-order chi connectivity index (χ1) is 18.8. The van der Waals surface area contributed by atoms with E-state index in [9.17, 15) is 31.9 Å². The molecule has 0 spiro atoms. The Morgan fingerprint density at radius 2 is 1.70 bits per heavy atom. The van der Waals surface area contributed by atoms with Crippen LogP contribution in [0.25, 0.3) is 11.1 Å². The van der Waals surface area contributed by atoms with Crippen molar-refractivity contribution >= 4 is 23.2 Å². The first-order valence-electron chi connectivity index (χ1n) is 12.3. The number of amides is 2. The van der Waals surface area contributed by atoms with Gasteiger partial charge in [-0.2, -0.15) is 13.2 Å². The molecule has 2 heterocycles. The van der Waals surface area contributed by atoms with E-state index in [4.69, 9.17) is 5.21 Å². The number of benzene rings is 2. The van der Waals surface area contributed by atoms with Crippen LogP contribution in [0.1, 0.15) is 40.1 Å². The molecule has 1 aliphatic rings. The van der Waals surface area contributed by atoms with E-state index >= 15 is 0 Å². The fourth-order valence-electron chi connectivity index (χ4n) is 4.72. The van der Waals surface area contributed by atoms with Crippen molar-refractivity contribution in [3.8, 4) is 11.1 Å². The zero-order valence-electron chi connectivity index (χ0n) is 21.8. The second-order valence-electron chi connectivity index (χ2n) is 9.71. The molecule has 1 aliphatic heterocycles. The molecule has 0 unspecified atom stereocenters. The first-order valence-corrected chi connectivity index (χ1v) is 12.3. The highest BCUT2D eigenvalue weighted by atomic mass is 19.4. The molecule has 212 valence electrons. The van der Waals surface area contributed by atoms with E-state index in [1.165, 1.54) is 23.7 Å². The second kappa shape index (κ2) is 11.1. The molecule has 13 heteroatoms. The summed E-state index contributed by atoms with van der Waals surface area (Å²) in [7, 11) is 1.98. The maximum atomic E-state index is 15.0. The molecule has 0 saturated carbocycles. The summed E-state index contributed by atoms with van der Waals surface area (Å²) in [6, 6.07) is 8.74. The van der Waals surface area contributed by atoms with E-state index < -0.39 is 40.5 Å². The van der Waals surface area contributed by atoms with E-state index in [1.807, 2.05) is 25.8 Å². The number of halogens is 4. The van der Waals surface area contributed by atoms with Gasteiger partial charge in [0.2, 0.25) is 5.56 Å². The van der Waals surface area contributed by atoms with Gasteiger partial charge in [-0.3, -0.25) is 24.5 Å². The Morgan fingerprint density at radius 1 is 1.02 bits per heavy atom. The van der Waals surface area contributed by atoms with Crippen LogP contribution in [0.3, 0.4) is 0 Å². The quantitative estimate of drug-likeness (QED) is 0.212. The minimum atomic E-state index is -4.96. The molecule has 0 aliphatic carbocycles. The summed E-state index contributed by atoms with van der Waals surface area (Å²) in [5.41, 5.74) is -0.928. The van der Waals surface area contributed by atoms with Crippen molar-refractivity contribution in [3.63, 3.8) is 0 Å². The highest BCUT2D eigenvalue weighted by molar-refractivity contribution is 6.07. The van der Waals surface area contributed by atoms with Crippen molar-refractivity contribution in [1.29, 1.82) is 0 Å². The van der Waals surface area contributed by atoms with Gasteiger partial charge in [-0.25, -0.2) is 9.87 Å². The Morgan fingerprint density at radius 3 is 2.30 bits per heavy atom. The molecular weight excluding hydrogens is 534 g/mol. The topological polar surface area (TPSA) is 118 Å². The standard InChI is InChI=1S/C27H27F4N5O4/c1-14-12-36(13-15(2)35(14)3)23-7-5-16(18-6-4-17(8-21(18)28)25(38)34-40)9-22(23)33-26(39)19-11-32-24(37)10-20(19)27(29,30)31/h4-11,14-15,40H,12-13H2,1-3H3,(H,32,37)(H,33,39)(H,34,38)/t14-,15+. The fraction of sp³-hybridized carbons (Fsp3) is 0.296. The summed E-state index contributed by atoms with van der Waals surface area (Å²) in [4.78, 5) is 42.7. The molecule has 3 aromatic rings. The van der Waals surface area contributed by atoms with Crippen LogP contribution in [0, 0.1) is 5.82 Å². The summed E-state index contributed by atoms with van der Waals surface area (Å²) in [5, 5.41) is 11.3. The van der Waals surface area contributed by atoms with E-state index in [-0.39, 0.29) is 34.5 Å². The molecule has 9 nitrogen and oxygen atoms in total. The van der Waals surface area contributed by atoms with Gasteiger partial charge in [0, 0.05) is 48.6 Å². The maximum Gasteiger partial charge on any atom is 0.417 e. The third kappa shape index (κ3) is 5.84. The largest absolute Gasteiger partial charge is 0.417 e. The predicted octanol–water partition coefficient (Wildman–Crippen LogP) is 4.10. The van der Waals surface area contributed by atoms with Crippen LogP contribution in [-0.4, -0.2) is 59.1 Å². The highest BCUT2D eigenvalue weighted by Crippen LogP contribution is 2.36. The average Bonchev–Trinajstić information content (AvgIpc) is 2.90. The van der Waals surface area contributed by atoms with Gasteiger partial charge in [0.1, 0.15) is 5.82 Å². The summed E-state index contributed by atoms with van der Waals surface area (Å²) in [6.07, 6.45) is -4.26. The van der Waals surface area contributed by atoms with Crippen molar-refractivity contribution < 1.29 is 32.4 Å². The number of rotatable bonds is 5. The SMILES string of the molecule is C[C@@H]1CN(c2ccc(-c3ccc(C(=O)NO)cc3F)cc2NC(=O)c2c[nH]c(=O)cc2C(F)(F)F)C[C@H](C)N1C. The molecule has 0 bridgehead atoms. The second-order valence-corrected chi connectivity index (χ2v) is 9.71. The third-order valence-electron chi connectivity index (χ3n) is 7.06. The summed E-state index contributed by atoms with van der Waals surface area (Å²) < 4.78 is 55.9. The van der Waals surface area contributed by atoms with Gasteiger partial charge >= 0.3 is 6.18 Å². The van der Waals surface area contributed by atoms with Crippen molar-refractivity contribution in [1.82, 2.24) is 15.4 Å². The monoisotopic (exact) mass is 561 g/mol. The number of carbonyl (C=O) groups is 2. The van der Waals surface area contributed by atoms with Gasteiger partial charge in [0.15, 0.2) is 0 Å². The molecule has 1 aromatic heterocycles. The summed E-state index contributed by atoms with van der Waals surface area (Å²) in [6.45, 7) is 5.14. The lowest BCUT2D eigenvalue weighted by Gasteiger charge is -2.44. The van der Waals surface area contributed by atoms with E-state index in [1.54, 1.807) is 12.1 Å². The smallest absolute Gasteiger partial charge is 0.367 e. The number of hydroxylamine groups is 1. The van der Waals surface area contributed by atoms with Gasteiger partial charge in [0.25, 0.3) is 11.8 Å². The van der Waals surface area contributed by atoms with E-state index in [2.05, 4.69) is 15.2 Å². The molecule has 4 N–H and O–H groups in total. The maximum absolute atomic E-state index is 15.0. The van der Waals surface area contributed by atoms with Crippen molar-refractivity contribution in [2.75, 3.05) is 30.4 Å². The number of piperazine rings is 1. The predicted molar refractivity (Wildman–Crippen MR) is 140 cm³/mol. The molecule has 4 rings (SSSR count). The molecule has 1 saturated heterocycles. The zero-order chi connectivity index (χ0) is 29.4. The molecule has 1 fully saturated rings. The minimum Gasteiger partial charge on any atom is -0.367 e. The Kier molecular flexibility index (Phi) is 7.98. The fourth-order valence-corrected chi connectivity index (χ4v) is 4.72. The number of nitrogens with zero attached hydrogens (tertiary/aromatic N) is 2. The van der Waals surface area contributed by atoms with Crippen LogP contribution in [0.2, 0.25) is 0 Å². The van der Waals surface area contributed by atoms with Crippen molar-refractivity contribution in [2.24, 2.45) is 0 Å². The lowest BCUT2D eigenvalue weighted by Crippen LogP contribution is -2.55. The van der Waals surface area contributed by atoms with Gasteiger partial charge < -0.3 is 15.2 Å². The Labute approximate surface area is 226 Å². The van der Waals surface area contributed by atoms with Crippen LogP contribution in [0.5, 0.6) is 0 Å². The number of hydrogen-bond donors (Lipinski definition) is 4. The number of pyridine rings is 1. The number of aromatic amines is 1. The lowest BCUT2D eigenvalue weighted by atomic mass is 10.00. The minimum absolute atomic E-state index is 0.0525. The highest BCUT2D eigenvalue weighted by Gasteiger charge is 2.36. The lowest BCUT2D eigenvalue weighted by molar-refractivity contribution is -0.138. The van der Waals surface area contributed by atoms with E-state index in [0.29, 0.717) is 31.0 Å². The van der Waals surface area contributed by atoms with E-state index in [0.717, 1.165) is 6.07 Å². The first kappa shape index (κ1) is 28.8. The summed E-state index contributed by atoms with van der Waals surface area (Å²) >= 11 is 0. The van der Waals surface area contributed by atoms with Crippen LogP contribution < -0.4 is 21.3 Å². The van der Waals surface area contributed by atoms with Gasteiger partial charge in [-0.05, 0) is 50.7 Å². The normalized spacial score (nSPS) is 17.9. The number of alkyl halides is 3. The molecule has 2 atom stereocenters. The molecule has 2 aromatic carbocycles. The van der Waals surface area contributed by atoms with Crippen molar-refractivity contribution in [3.05, 3.63) is 81.5 Å². The van der Waals surface area contributed by atoms with Gasteiger partial charge in [0.05, 0.1) is 22.5 Å².